The van der Waals surface area contributed by atoms with Gasteiger partial charge in [0.15, 0.2) is 0 Å². The molecule has 0 amide bonds. The summed E-state index contributed by atoms with van der Waals surface area (Å²) >= 11 is 0. The fraction of sp³-hybridized carbons (Fsp3) is 1.00. The molecule has 6 heteroatoms. The van der Waals surface area contributed by atoms with Crippen LogP contribution in [0.2, 0.25) is 0 Å². The predicted molar refractivity (Wildman–Crippen MR) is 75.6 cm³/mol. The highest BCUT2D eigenvalue weighted by Crippen LogP contribution is 2.18. The SMILES string of the molecule is O=S(=O)(CCCCNC1CC1)NCCC1CCCO1. The molecule has 0 spiro atoms. The maximum atomic E-state index is 11.7. The van der Waals surface area contributed by atoms with Crippen molar-refractivity contribution in [1.82, 2.24) is 10.0 Å². The molecule has 1 atom stereocenters. The average Bonchev–Trinajstić information content (AvgIpc) is 3.04. The van der Waals surface area contributed by atoms with Crippen LogP contribution < -0.4 is 10.0 Å². The quantitative estimate of drug-likeness (QED) is 0.589. The van der Waals surface area contributed by atoms with Crippen LogP contribution in [0.3, 0.4) is 0 Å². The van der Waals surface area contributed by atoms with Crippen molar-refractivity contribution in [1.29, 1.82) is 0 Å². The second-order valence-corrected chi connectivity index (χ2v) is 7.50. The van der Waals surface area contributed by atoms with Crippen LogP contribution in [0.4, 0.5) is 0 Å². The Hall–Kier alpha value is -0.170. The molecule has 2 aliphatic rings. The van der Waals surface area contributed by atoms with E-state index in [1.165, 1.54) is 12.8 Å². The zero-order valence-corrected chi connectivity index (χ0v) is 12.4. The van der Waals surface area contributed by atoms with Gasteiger partial charge in [-0.05, 0) is 51.5 Å². The highest BCUT2D eigenvalue weighted by atomic mass is 32.2. The molecule has 0 aromatic carbocycles. The minimum Gasteiger partial charge on any atom is -0.378 e. The van der Waals surface area contributed by atoms with Crippen LogP contribution in [-0.2, 0) is 14.8 Å². The summed E-state index contributed by atoms with van der Waals surface area (Å²) in [5, 5.41) is 3.39. The molecule has 0 radical (unpaired) electrons. The van der Waals surface area contributed by atoms with Gasteiger partial charge in [-0.1, -0.05) is 0 Å². The van der Waals surface area contributed by atoms with Crippen LogP contribution in [-0.4, -0.2) is 46.0 Å². The van der Waals surface area contributed by atoms with Gasteiger partial charge in [0.05, 0.1) is 11.9 Å². The normalized spacial score (nSPS) is 23.9. The van der Waals surface area contributed by atoms with Crippen molar-refractivity contribution < 1.29 is 13.2 Å². The van der Waals surface area contributed by atoms with Crippen molar-refractivity contribution in [3.8, 4) is 0 Å². The van der Waals surface area contributed by atoms with Crippen LogP contribution in [0.5, 0.6) is 0 Å². The molecule has 0 aromatic rings. The maximum Gasteiger partial charge on any atom is 0.211 e. The van der Waals surface area contributed by atoms with Crippen LogP contribution in [0.25, 0.3) is 0 Å². The number of sulfonamides is 1. The molecule has 0 aromatic heterocycles. The summed E-state index contributed by atoms with van der Waals surface area (Å²) in [4.78, 5) is 0. The molecule has 1 saturated carbocycles. The van der Waals surface area contributed by atoms with E-state index >= 15 is 0 Å². The molecular weight excluding hydrogens is 264 g/mol. The van der Waals surface area contributed by atoms with E-state index in [4.69, 9.17) is 4.74 Å². The predicted octanol–water partition coefficient (Wildman–Crippen LogP) is 1.01. The average molecular weight is 290 g/mol. The van der Waals surface area contributed by atoms with Gasteiger partial charge in [0.25, 0.3) is 0 Å². The van der Waals surface area contributed by atoms with E-state index in [-0.39, 0.29) is 11.9 Å². The van der Waals surface area contributed by atoms with Crippen molar-refractivity contribution in [3.05, 3.63) is 0 Å². The largest absolute Gasteiger partial charge is 0.378 e. The van der Waals surface area contributed by atoms with Gasteiger partial charge in [-0.15, -0.1) is 0 Å². The summed E-state index contributed by atoms with van der Waals surface area (Å²) in [6.45, 7) is 2.27. The van der Waals surface area contributed by atoms with E-state index in [1.807, 2.05) is 0 Å². The summed E-state index contributed by atoms with van der Waals surface area (Å²) in [6.07, 6.45) is 7.44. The lowest BCUT2D eigenvalue weighted by molar-refractivity contribution is 0.105. The third kappa shape index (κ3) is 6.70. The molecule has 1 aliphatic carbocycles. The fourth-order valence-electron chi connectivity index (χ4n) is 2.33. The standard InChI is InChI=1S/C13H26N2O3S/c16-19(17,11-2-1-8-14-12-5-6-12)15-9-7-13-4-3-10-18-13/h12-15H,1-11H2. The van der Waals surface area contributed by atoms with Gasteiger partial charge in [-0.2, -0.15) is 0 Å². The molecule has 2 rings (SSSR count). The first kappa shape index (κ1) is 15.2. The zero-order valence-electron chi connectivity index (χ0n) is 11.6. The van der Waals surface area contributed by atoms with Gasteiger partial charge in [0, 0.05) is 19.2 Å². The lowest BCUT2D eigenvalue weighted by Crippen LogP contribution is -2.29. The Kier molecular flexibility index (Phi) is 6.06. The minimum absolute atomic E-state index is 0.241. The second-order valence-electron chi connectivity index (χ2n) is 5.57. The molecule has 2 N–H and O–H groups in total. The van der Waals surface area contributed by atoms with E-state index in [2.05, 4.69) is 10.0 Å². The smallest absolute Gasteiger partial charge is 0.211 e. The van der Waals surface area contributed by atoms with E-state index < -0.39 is 10.0 Å². The summed E-state index contributed by atoms with van der Waals surface area (Å²) in [5.74, 6) is 0.241. The van der Waals surface area contributed by atoms with Crippen molar-refractivity contribution in [2.75, 3.05) is 25.4 Å². The van der Waals surface area contributed by atoms with E-state index in [1.54, 1.807) is 0 Å². The van der Waals surface area contributed by atoms with E-state index in [0.29, 0.717) is 12.6 Å². The molecule has 1 unspecified atom stereocenters. The summed E-state index contributed by atoms with van der Waals surface area (Å²) in [6, 6.07) is 0.709. The summed E-state index contributed by atoms with van der Waals surface area (Å²) in [7, 11) is -3.09. The van der Waals surface area contributed by atoms with Gasteiger partial charge < -0.3 is 10.1 Å². The number of nitrogens with one attached hydrogen (secondary N) is 2. The number of ether oxygens (including phenoxy) is 1. The highest BCUT2D eigenvalue weighted by Gasteiger charge is 2.20. The Labute approximate surface area is 116 Å². The third-order valence-corrected chi connectivity index (χ3v) is 5.13. The fourth-order valence-corrected chi connectivity index (χ4v) is 3.49. The van der Waals surface area contributed by atoms with Gasteiger partial charge in [0.1, 0.15) is 0 Å². The lowest BCUT2D eigenvalue weighted by Gasteiger charge is -2.10. The molecule has 1 aliphatic heterocycles. The van der Waals surface area contributed by atoms with Crippen molar-refractivity contribution >= 4 is 10.0 Å². The molecule has 2 fully saturated rings. The number of rotatable bonds is 10. The Balaban J connectivity index is 1.48. The Morgan fingerprint density at radius 1 is 1.11 bits per heavy atom. The Morgan fingerprint density at radius 3 is 2.63 bits per heavy atom. The van der Waals surface area contributed by atoms with Gasteiger partial charge in [-0.3, -0.25) is 0 Å². The van der Waals surface area contributed by atoms with Crippen molar-refractivity contribution in [2.45, 2.75) is 57.1 Å². The third-order valence-electron chi connectivity index (χ3n) is 3.66. The zero-order chi connectivity index (χ0) is 13.6. The van der Waals surface area contributed by atoms with Gasteiger partial charge in [-0.25, -0.2) is 13.1 Å². The molecule has 1 saturated heterocycles. The van der Waals surface area contributed by atoms with Gasteiger partial charge >= 0.3 is 0 Å². The maximum absolute atomic E-state index is 11.7. The number of hydrogen-bond donors (Lipinski definition) is 2. The molecule has 5 nitrogen and oxygen atoms in total. The molecule has 19 heavy (non-hydrogen) atoms. The van der Waals surface area contributed by atoms with E-state index in [9.17, 15) is 8.42 Å². The van der Waals surface area contributed by atoms with Crippen molar-refractivity contribution in [2.24, 2.45) is 0 Å². The van der Waals surface area contributed by atoms with Gasteiger partial charge in [0.2, 0.25) is 10.0 Å². The minimum atomic E-state index is -3.09. The summed E-state index contributed by atoms with van der Waals surface area (Å²) < 4.78 is 31.6. The lowest BCUT2D eigenvalue weighted by atomic mass is 10.2. The Bertz CT molecular complexity index is 349. The van der Waals surface area contributed by atoms with Crippen LogP contribution >= 0.6 is 0 Å². The monoisotopic (exact) mass is 290 g/mol. The van der Waals surface area contributed by atoms with Crippen LogP contribution in [0, 0.1) is 0 Å². The molecule has 1 heterocycles. The van der Waals surface area contributed by atoms with Crippen LogP contribution in [0.15, 0.2) is 0 Å². The topological polar surface area (TPSA) is 67.4 Å². The first-order valence-corrected chi connectivity index (χ1v) is 9.13. The number of hydrogen-bond acceptors (Lipinski definition) is 4. The first-order valence-electron chi connectivity index (χ1n) is 7.48. The van der Waals surface area contributed by atoms with Crippen molar-refractivity contribution in [3.63, 3.8) is 0 Å². The highest BCUT2D eigenvalue weighted by molar-refractivity contribution is 7.89. The number of unbranched alkanes of at least 4 members (excludes halogenated alkanes) is 1. The van der Waals surface area contributed by atoms with Crippen LogP contribution in [0.1, 0.15) is 44.9 Å². The molecular formula is C13H26N2O3S. The molecule has 0 bridgehead atoms. The Morgan fingerprint density at radius 2 is 1.95 bits per heavy atom. The summed E-state index contributed by atoms with van der Waals surface area (Å²) in [5.41, 5.74) is 0. The molecule has 112 valence electrons. The van der Waals surface area contributed by atoms with E-state index in [0.717, 1.165) is 45.3 Å². The first-order chi connectivity index (χ1) is 9.16. The second kappa shape index (κ2) is 7.57.